The first-order chi connectivity index (χ1) is 8.19. The van der Waals surface area contributed by atoms with E-state index in [1.165, 1.54) is 0 Å². The number of aromatic nitrogens is 4. The van der Waals surface area contributed by atoms with Gasteiger partial charge in [0.1, 0.15) is 0 Å². The molecular formula is C9H10N4O3S. The molecule has 2 heterocycles. The van der Waals surface area contributed by atoms with Crippen molar-refractivity contribution in [2.75, 3.05) is 6.61 Å². The van der Waals surface area contributed by atoms with Crippen LogP contribution in [0.3, 0.4) is 0 Å². The van der Waals surface area contributed by atoms with E-state index < -0.39 is 5.97 Å². The molecule has 0 amide bonds. The Balaban J connectivity index is 2.06. The molecule has 8 heteroatoms. The van der Waals surface area contributed by atoms with E-state index in [0.717, 1.165) is 11.3 Å². The third kappa shape index (κ3) is 2.78. The first-order valence-electron chi connectivity index (χ1n) is 4.86. The van der Waals surface area contributed by atoms with Crippen molar-refractivity contribution < 1.29 is 14.3 Å². The Bertz CT molecular complexity index is 522. The Kier molecular flexibility index (Phi) is 3.33. The van der Waals surface area contributed by atoms with Crippen molar-refractivity contribution in [2.45, 2.75) is 6.92 Å². The lowest BCUT2D eigenvalue weighted by Crippen LogP contribution is -2.03. The minimum absolute atomic E-state index is 0.172. The van der Waals surface area contributed by atoms with Crippen LogP contribution < -0.4 is 4.74 Å². The van der Waals surface area contributed by atoms with Gasteiger partial charge in [0.15, 0.2) is 5.75 Å². The molecule has 0 radical (unpaired) electrons. The zero-order valence-corrected chi connectivity index (χ0v) is 10.1. The molecule has 0 aliphatic carbocycles. The van der Waals surface area contributed by atoms with E-state index in [1.807, 2.05) is 0 Å². The van der Waals surface area contributed by atoms with Gasteiger partial charge in [0.2, 0.25) is 5.01 Å². The summed E-state index contributed by atoms with van der Waals surface area (Å²) in [4.78, 5) is 11.3. The summed E-state index contributed by atoms with van der Waals surface area (Å²) in [5, 5.41) is 11.8. The van der Waals surface area contributed by atoms with Gasteiger partial charge in [0.25, 0.3) is 5.19 Å². The Labute approximate surface area is 101 Å². The highest BCUT2D eigenvalue weighted by molar-refractivity contribution is 7.14. The number of carbonyl (C=O) groups excluding carboxylic acids is 1. The van der Waals surface area contributed by atoms with Gasteiger partial charge in [-0.2, -0.15) is 5.10 Å². The molecule has 7 nitrogen and oxygen atoms in total. The van der Waals surface area contributed by atoms with E-state index in [1.54, 1.807) is 31.0 Å². The predicted molar refractivity (Wildman–Crippen MR) is 59.1 cm³/mol. The maximum Gasteiger partial charge on any atom is 0.369 e. The second-order valence-corrected chi connectivity index (χ2v) is 3.99. The smallest absolute Gasteiger partial charge is 0.369 e. The molecule has 90 valence electrons. The summed E-state index contributed by atoms with van der Waals surface area (Å²) >= 11 is 1.03. The summed E-state index contributed by atoms with van der Waals surface area (Å²) in [7, 11) is 1.77. The van der Waals surface area contributed by atoms with Gasteiger partial charge in [-0.1, -0.05) is 5.10 Å². The van der Waals surface area contributed by atoms with Gasteiger partial charge in [0, 0.05) is 7.05 Å². The maximum absolute atomic E-state index is 11.3. The third-order valence-electron chi connectivity index (χ3n) is 1.74. The number of esters is 1. The van der Waals surface area contributed by atoms with Crippen LogP contribution in [0.1, 0.15) is 16.7 Å². The molecule has 2 rings (SSSR count). The van der Waals surface area contributed by atoms with Crippen LogP contribution in [0.4, 0.5) is 0 Å². The van der Waals surface area contributed by atoms with E-state index in [0.29, 0.717) is 12.4 Å². The fourth-order valence-corrected chi connectivity index (χ4v) is 1.69. The number of nitrogens with zero attached hydrogens (tertiary/aromatic N) is 4. The molecule has 2 aromatic rings. The largest absolute Gasteiger partial charge is 0.461 e. The predicted octanol–water partition coefficient (Wildman–Crippen LogP) is 1.24. The van der Waals surface area contributed by atoms with Gasteiger partial charge in [-0.3, -0.25) is 4.68 Å². The average molecular weight is 254 g/mol. The van der Waals surface area contributed by atoms with Crippen LogP contribution in [0.25, 0.3) is 0 Å². The second kappa shape index (κ2) is 4.91. The summed E-state index contributed by atoms with van der Waals surface area (Å²) in [6, 6.07) is 0. The topological polar surface area (TPSA) is 79.1 Å². The summed E-state index contributed by atoms with van der Waals surface area (Å²) < 4.78 is 11.8. The molecule has 0 spiro atoms. The highest BCUT2D eigenvalue weighted by Gasteiger charge is 2.15. The molecule has 0 saturated heterocycles. The van der Waals surface area contributed by atoms with E-state index >= 15 is 0 Å². The molecule has 0 aromatic carbocycles. The zero-order valence-electron chi connectivity index (χ0n) is 9.28. The lowest BCUT2D eigenvalue weighted by atomic mass is 10.7. The standard InChI is InChI=1S/C9H10N4O3S/c1-3-15-8(14)7-11-12-9(17-7)16-6-4-10-13(2)5-6/h4-5H,3H2,1-2H3. The molecule has 17 heavy (non-hydrogen) atoms. The van der Waals surface area contributed by atoms with Crippen LogP contribution >= 0.6 is 11.3 Å². The number of aryl methyl sites for hydroxylation is 1. The Hall–Kier alpha value is -1.96. The summed E-state index contributed by atoms with van der Waals surface area (Å²) in [5.74, 6) is 0.0464. The normalized spacial score (nSPS) is 10.2. The van der Waals surface area contributed by atoms with Crippen molar-refractivity contribution in [1.29, 1.82) is 0 Å². The summed E-state index contributed by atoms with van der Waals surface area (Å²) in [6.07, 6.45) is 3.23. The van der Waals surface area contributed by atoms with Crippen LogP contribution in [0, 0.1) is 0 Å². The fraction of sp³-hybridized carbons (Fsp3) is 0.333. The van der Waals surface area contributed by atoms with Crippen molar-refractivity contribution in [2.24, 2.45) is 7.05 Å². The lowest BCUT2D eigenvalue weighted by molar-refractivity contribution is 0.0525. The summed E-state index contributed by atoms with van der Waals surface area (Å²) in [5.41, 5.74) is 0. The van der Waals surface area contributed by atoms with E-state index in [-0.39, 0.29) is 10.2 Å². The molecule has 0 unspecified atom stereocenters. The highest BCUT2D eigenvalue weighted by Crippen LogP contribution is 2.24. The number of carbonyl (C=O) groups is 1. The van der Waals surface area contributed by atoms with Gasteiger partial charge in [-0.25, -0.2) is 4.79 Å². The highest BCUT2D eigenvalue weighted by atomic mass is 32.1. The monoisotopic (exact) mass is 254 g/mol. The van der Waals surface area contributed by atoms with Crippen LogP contribution in [-0.4, -0.2) is 32.6 Å². The maximum atomic E-state index is 11.3. The minimum Gasteiger partial charge on any atom is -0.461 e. The number of hydrogen-bond acceptors (Lipinski definition) is 7. The molecule has 0 N–H and O–H groups in total. The van der Waals surface area contributed by atoms with Crippen molar-refractivity contribution in [3.05, 3.63) is 17.4 Å². The van der Waals surface area contributed by atoms with Crippen molar-refractivity contribution >= 4 is 17.3 Å². The van der Waals surface area contributed by atoms with E-state index in [9.17, 15) is 4.79 Å². The number of hydrogen-bond donors (Lipinski definition) is 0. The Morgan fingerprint density at radius 1 is 1.53 bits per heavy atom. The van der Waals surface area contributed by atoms with Gasteiger partial charge >= 0.3 is 5.97 Å². The van der Waals surface area contributed by atoms with Crippen molar-refractivity contribution in [3.63, 3.8) is 0 Å². The number of ether oxygens (including phenoxy) is 2. The second-order valence-electron chi connectivity index (χ2n) is 3.05. The van der Waals surface area contributed by atoms with Crippen LogP contribution in [0.2, 0.25) is 0 Å². The minimum atomic E-state index is -0.494. The molecule has 2 aromatic heterocycles. The number of rotatable bonds is 4. The quantitative estimate of drug-likeness (QED) is 0.764. The summed E-state index contributed by atoms with van der Waals surface area (Å²) in [6.45, 7) is 2.03. The first-order valence-corrected chi connectivity index (χ1v) is 5.68. The average Bonchev–Trinajstić information content (AvgIpc) is 2.89. The van der Waals surface area contributed by atoms with Crippen LogP contribution in [0.5, 0.6) is 10.9 Å². The van der Waals surface area contributed by atoms with Crippen LogP contribution in [0.15, 0.2) is 12.4 Å². The van der Waals surface area contributed by atoms with Gasteiger partial charge < -0.3 is 9.47 Å². The molecule has 0 atom stereocenters. The van der Waals surface area contributed by atoms with E-state index in [2.05, 4.69) is 15.3 Å². The SMILES string of the molecule is CCOC(=O)c1nnc(Oc2cnn(C)c2)s1. The van der Waals surface area contributed by atoms with Gasteiger partial charge in [-0.05, 0) is 18.3 Å². The molecular weight excluding hydrogens is 244 g/mol. The van der Waals surface area contributed by atoms with Crippen molar-refractivity contribution in [3.8, 4) is 10.9 Å². The molecule has 0 aliphatic rings. The molecule has 0 saturated carbocycles. The first kappa shape index (κ1) is 11.5. The van der Waals surface area contributed by atoms with Gasteiger partial charge in [0.05, 0.1) is 19.0 Å². The molecule has 0 aliphatic heterocycles. The Morgan fingerprint density at radius 2 is 2.35 bits per heavy atom. The molecule has 0 fully saturated rings. The lowest BCUT2D eigenvalue weighted by Gasteiger charge is -1.95. The van der Waals surface area contributed by atoms with Gasteiger partial charge in [-0.15, -0.1) is 5.10 Å². The van der Waals surface area contributed by atoms with E-state index in [4.69, 9.17) is 9.47 Å². The third-order valence-corrected chi connectivity index (χ3v) is 2.52. The van der Waals surface area contributed by atoms with Crippen molar-refractivity contribution in [1.82, 2.24) is 20.0 Å². The van der Waals surface area contributed by atoms with Crippen LogP contribution in [-0.2, 0) is 11.8 Å². The molecule has 0 bridgehead atoms. The fourth-order valence-electron chi connectivity index (χ4n) is 1.08. The zero-order chi connectivity index (χ0) is 12.3. The Morgan fingerprint density at radius 3 is 3.00 bits per heavy atom.